The minimum absolute atomic E-state index is 0.0262. The first kappa shape index (κ1) is 45.5. The Morgan fingerprint density at radius 3 is 1.69 bits per heavy atom. The van der Waals surface area contributed by atoms with E-state index in [1.165, 1.54) is 26.1 Å². The summed E-state index contributed by atoms with van der Waals surface area (Å²) in [5.74, 6) is -5.44. The first-order chi connectivity index (χ1) is 29.8. The third-order valence-corrected chi connectivity index (χ3v) is 10.0. The zero-order valence-corrected chi connectivity index (χ0v) is 34.2. The lowest BCUT2D eigenvalue weighted by molar-refractivity contribution is -0.138. The Morgan fingerprint density at radius 2 is 1.11 bits per heavy atom. The number of phenols is 1. The quantitative estimate of drug-likeness (QED) is 0.0515. The van der Waals surface area contributed by atoms with Crippen molar-refractivity contribution in [1.82, 2.24) is 41.9 Å². The molecule has 3 aromatic carbocycles. The van der Waals surface area contributed by atoms with Crippen LogP contribution in [0.15, 0.2) is 110 Å². The van der Waals surface area contributed by atoms with E-state index in [9.17, 15) is 43.8 Å². The summed E-state index contributed by atoms with van der Waals surface area (Å²) in [5.41, 5.74) is 3.37. The van der Waals surface area contributed by atoms with Crippen molar-refractivity contribution < 1.29 is 43.8 Å². The van der Waals surface area contributed by atoms with Gasteiger partial charge in [0.1, 0.15) is 36.0 Å². The van der Waals surface area contributed by atoms with Crippen LogP contribution in [-0.2, 0) is 59.2 Å². The molecule has 0 spiro atoms. The number of nitrogens with zero attached hydrogens (tertiary/aromatic N) is 1. The van der Waals surface area contributed by atoms with Crippen LogP contribution in [-0.4, -0.2) is 98.9 Å². The van der Waals surface area contributed by atoms with E-state index >= 15 is 0 Å². The number of benzene rings is 3. The highest BCUT2D eigenvalue weighted by Gasteiger charge is 2.33. The maximum Gasteiger partial charge on any atom is 0.303 e. The number of fused-ring (bicyclic) bond motifs is 1. The molecule has 0 aliphatic carbocycles. The zero-order chi connectivity index (χ0) is 44.6. The van der Waals surface area contributed by atoms with Crippen molar-refractivity contribution in [2.75, 3.05) is 7.05 Å². The van der Waals surface area contributed by atoms with Crippen molar-refractivity contribution in [2.24, 2.45) is 0 Å². The molecule has 9 N–H and O–H groups in total. The molecule has 2 aromatic heterocycles. The second-order valence-electron chi connectivity index (χ2n) is 14.7. The van der Waals surface area contributed by atoms with E-state index in [-0.39, 0.29) is 37.9 Å². The number of H-pyrrole nitrogens is 1. The van der Waals surface area contributed by atoms with Gasteiger partial charge in [-0.1, -0.05) is 66.7 Å². The molecular formula is C45H50N8O9. The lowest BCUT2D eigenvalue weighted by Gasteiger charge is -2.27. The van der Waals surface area contributed by atoms with E-state index in [0.29, 0.717) is 16.7 Å². The molecule has 0 aliphatic rings. The van der Waals surface area contributed by atoms with Gasteiger partial charge in [-0.2, -0.15) is 0 Å². The molecule has 0 radical (unpaired) electrons. The number of aromatic hydroxyl groups is 1. The van der Waals surface area contributed by atoms with E-state index in [4.69, 9.17) is 0 Å². The SMILES string of the molecule is CNC(=O)[C@H](Cc1c[nH]c2ccccc12)NC(=O)[C@H](CCC(=O)O)NC(=O)[C@H](Cc1ccccc1)NC(=O)[C@H](Cc1ccc(O)cc1)NC(=O)C(Cc1cccnc1)NC(C)=O. The van der Waals surface area contributed by atoms with Crippen LogP contribution in [0.1, 0.15) is 42.0 Å². The lowest BCUT2D eigenvalue weighted by atomic mass is 10.0. The van der Waals surface area contributed by atoms with Crippen LogP contribution < -0.4 is 31.9 Å². The molecule has 0 saturated carbocycles. The fourth-order valence-corrected chi connectivity index (χ4v) is 6.88. The number of carboxylic acid groups (broad SMARTS) is 1. The van der Waals surface area contributed by atoms with Gasteiger partial charge in [-0.25, -0.2) is 0 Å². The summed E-state index contributed by atoms with van der Waals surface area (Å²) in [5, 5.41) is 36.2. The Morgan fingerprint density at radius 1 is 0.597 bits per heavy atom. The van der Waals surface area contributed by atoms with Gasteiger partial charge in [0.15, 0.2) is 0 Å². The van der Waals surface area contributed by atoms with Crippen LogP contribution in [0.3, 0.4) is 0 Å². The average molecular weight is 847 g/mol. The van der Waals surface area contributed by atoms with Gasteiger partial charge < -0.3 is 47.1 Å². The normalized spacial score (nSPS) is 13.3. The predicted octanol–water partition coefficient (Wildman–Crippen LogP) is 1.59. The number of para-hydroxylation sites is 1. The van der Waals surface area contributed by atoms with Gasteiger partial charge in [-0.3, -0.25) is 38.5 Å². The van der Waals surface area contributed by atoms with Gasteiger partial charge in [0.05, 0.1) is 0 Å². The molecule has 0 bridgehead atoms. The average Bonchev–Trinajstić information content (AvgIpc) is 3.67. The van der Waals surface area contributed by atoms with Crippen LogP contribution >= 0.6 is 0 Å². The summed E-state index contributed by atoms with van der Waals surface area (Å²) in [6.45, 7) is 1.25. The standard InChI is InChI=1S/C45H50N8O9/c1-27(54)49-36(23-30-11-8-20-47-25-30)43(60)51-38(22-29-14-16-32(55)17-15-29)45(62)52-37(21-28-9-4-3-5-10-28)44(61)50-35(18-19-40(56)57)42(59)53-39(41(58)46-2)24-31-26-48-34-13-7-6-12-33(31)34/h3-17,20,25-26,35-39,48,55H,18-19,21-24H2,1-2H3,(H,46,58)(H,49,54)(H,50,61)(H,51,60)(H,52,62)(H,53,59)(H,56,57)/t35-,36?,37-,38-,39-/m0/s1. The third kappa shape index (κ3) is 13.5. The number of pyridine rings is 1. The van der Waals surface area contributed by atoms with Crippen molar-refractivity contribution in [3.63, 3.8) is 0 Å². The summed E-state index contributed by atoms with van der Waals surface area (Å²) >= 11 is 0. The summed E-state index contributed by atoms with van der Waals surface area (Å²) in [6, 6.07) is 19.1. The number of hydrogen-bond donors (Lipinski definition) is 9. The molecule has 5 rings (SSSR count). The summed E-state index contributed by atoms with van der Waals surface area (Å²) < 4.78 is 0. The second kappa shape index (κ2) is 22.2. The smallest absolute Gasteiger partial charge is 0.303 e. The van der Waals surface area contributed by atoms with Gasteiger partial charge in [0, 0.05) is 75.6 Å². The molecule has 0 fully saturated rings. The Labute approximate surface area is 357 Å². The van der Waals surface area contributed by atoms with Crippen molar-refractivity contribution in [3.8, 4) is 5.75 Å². The molecule has 2 heterocycles. The van der Waals surface area contributed by atoms with Crippen LogP contribution in [0.4, 0.5) is 0 Å². The van der Waals surface area contributed by atoms with E-state index in [1.54, 1.807) is 73.2 Å². The Hall–Kier alpha value is -7.56. The molecule has 0 aliphatic heterocycles. The lowest BCUT2D eigenvalue weighted by Crippen LogP contribution is -2.60. The molecule has 5 aromatic rings. The monoisotopic (exact) mass is 846 g/mol. The molecule has 62 heavy (non-hydrogen) atoms. The Balaban J connectivity index is 1.41. The fourth-order valence-electron chi connectivity index (χ4n) is 6.88. The number of hydrogen-bond acceptors (Lipinski definition) is 9. The van der Waals surface area contributed by atoms with Gasteiger partial charge in [-0.05, 0) is 52.9 Å². The van der Waals surface area contributed by atoms with E-state index in [2.05, 4.69) is 41.9 Å². The second-order valence-corrected chi connectivity index (χ2v) is 14.7. The first-order valence-corrected chi connectivity index (χ1v) is 20.0. The highest BCUT2D eigenvalue weighted by atomic mass is 16.4. The van der Waals surface area contributed by atoms with Crippen LogP contribution in [0, 0.1) is 0 Å². The minimum atomic E-state index is -1.46. The number of rotatable bonds is 21. The fraction of sp³-hybridized carbons (Fsp3) is 0.289. The van der Waals surface area contributed by atoms with Crippen LogP contribution in [0.2, 0.25) is 0 Å². The van der Waals surface area contributed by atoms with Crippen molar-refractivity contribution in [1.29, 1.82) is 0 Å². The molecule has 17 nitrogen and oxygen atoms in total. The van der Waals surface area contributed by atoms with E-state index < -0.39 is 78.0 Å². The number of amides is 6. The number of nitrogens with one attached hydrogen (secondary N) is 7. The molecule has 6 amide bonds. The minimum Gasteiger partial charge on any atom is -0.508 e. The third-order valence-electron chi connectivity index (χ3n) is 10.0. The van der Waals surface area contributed by atoms with Gasteiger partial charge >= 0.3 is 5.97 Å². The number of carbonyl (C=O) groups excluding carboxylic acids is 6. The topological polar surface area (TPSA) is 261 Å². The number of likely N-dealkylation sites (N-methyl/N-ethyl adjacent to an activating group) is 1. The number of aliphatic carboxylic acids is 1. The summed E-state index contributed by atoms with van der Waals surface area (Å²) in [6.07, 6.45) is 3.90. The highest BCUT2D eigenvalue weighted by molar-refractivity contribution is 5.97. The van der Waals surface area contributed by atoms with Crippen LogP contribution in [0.25, 0.3) is 10.9 Å². The summed E-state index contributed by atoms with van der Waals surface area (Å²) in [7, 11) is 1.41. The molecule has 1 unspecified atom stereocenters. The van der Waals surface area contributed by atoms with Crippen molar-refractivity contribution in [2.45, 2.75) is 75.7 Å². The molecular weight excluding hydrogens is 797 g/mol. The van der Waals surface area contributed by atoms with Gasteiger partial charge in [0.25, 0.3) is 0 Å². The largest absolute Gasteiger partial charge is 0.508 e. The molecule has 17 heteroatoms. The molecule has 5 atom stereocenters. The van der Waals surface area contributed by atoms with E-state index in [1.807, 2.05) is 24.3 Å². The number of carboxylic acids is 1. The van der Waals surface area contributed by atoms with Crippen LogP contribution in [0.5, 0.6) is 5.75 Å². The molecule has 0 saturated heterocycles. The maximum atomic E-state index is 14.3. The number of aromatic amines is 1. The van der Waals surface area contributed by atoms with Crippen molar-refractivity contribution >= 4 is 52.3 Å². The predicted molar refractivity (Wildman–Crippen MR) is 228 cm³/mol. The van der Waals surface area contributed by atoms with Gasteiger partial charge in [-0.15, -0.1) is 0 Å². The number of phenolic OH excluding ortho intramolecular Hbond substituents is 1. The zero-order valence-electron chi connectivity index (χ0n) is 34.2. The Bertz CT molecular complexity index is 2340. The Kier molecular flexibility index (Phi) is 16.3. The van der Waals surface area contributed by atoms with Crippen molar-refractivity contribution in [3.05, 3.63) is 132 Å². The first-order valence-electron chi connectivity index (χ1n) is 20.0. The molecule has 324 valence electrons. The number of aromatic nitrogens is 2. The van der Waals surface area contributed by atoms with Gasteiger partial charge in [0.2, 0.25) is 35.4 Å². The van der Waals surface area contributed by atoms with E-state index in [0.717, 1.165) is 16.5 Å². The highest BCUT2D eigenvalue weighted by Crippen LogP contribution is 2.20. The maximum absolute atomic E-state index is 14.3. The number of carbonyl (C=O) groups is 7. The summed E-state index contributed by atoms with van der Waals surface area (Å²) in [4.78, 5) is 101.